The SMILES string of the molecule is C#C[P+](=O)O. The summed E-state index contributed by atoms with van der Waals surface area (Å²) in [4.78, 5) is 7.63. The molecule has 0 saturated heterocycles. The summed E-state index contributed by atoms with van der Waals surface area (Å²) in [7, 11) is -2.32. The maximum Gasteiger partial charge on any atom is 0.601 e. The molecule has 0 heterocycles. The predicted octanol–water partition coefficient (Wildman–Crippen LogP) is 0.312. The molecule has 0 aliphatic heterocycles. The first-order chi connectivity index (χ1) is 2.27. The van der Waals surface area contributed by atoms with Gasteiger partial charge >= 0.3 is 8.03 Å². The molecule has 0 aromatic rings. The van der Waals surface area contributed by atoms with E-state index in [0.29, 0.717) is 0 Å². The molecule has 0 fully saturated rings. The Morgan fingerprint density at radius 2 is 2.20 bits per heavy atom. The van der Waals surface area contributed by atoms with Gasteiger partial charge in [0.1, 0.15) is 0 Å². The third-order valence-electron chi connectivity index (χ3n) is 0.110. The van der Waals surface area contributed by atoms with E-state index >= 15 is 0 Å². The van der Waals surface area contributed by atoms with Gasteiger partial charge in [-0.3, -0.25) is 0 Å². The second kappa shape index (κ2) is 1.90. The number of terminal acetylenes is 1. The Balaban J connectivity index is 3.35. The summed E-state index contributed by atoms with van der Waals surface area (Å²) in [5, 5.41) is 0. The quantitative estimate of drug-likeness (QED) is 0.342. The molecule has 0 aromatic carbocycles. The van der Waals surface area contributed by atoms with E-state index in [0.717, 1.165) is 0 Å². The lowest BCUT2D eigenvalue weighted by atomic mass is 11.4. The van der Waals surface area contributed by atoms with E-state index in [9.17, 15) is 4.57 Å². The summed E-state index contributed by atoms with van der Waals surface area (Å²) in [6.07, 6.45) is 4.39. The summed E-state index contributed by atoms with van der Waals surface area (Å²) in [5.41, 5.74) is 1.59. The average Bonchev–Trinajstić information content (AvgIpc) is 1.38. The van der Waals surface area contributed by atoms with Crippen LogP contribution in [0.15, 0.2) is 0 Å². The molecule has 3 heteroatoms. The van der Waals surface area contributed by atoms with Crippen LogP contribution in [-0.4, -0.2) is 4.89 Å². The normalized spacial score (nSPS) is 9.20. The number of hydrogen-bond donors (Lipinski definition) is 1. The van der Waals surface area contributed by atoms with Crippen LogP contribution in [0.4, 0.5) is 0 Å². The van der Waals surface area contributed by atoms with Gasteiger partial charge in [-0.1, -0.05) is 6.42 Å². The van der Waals surface area contributed by atoms with Crippen LogP contribution < -0.4 is 0 Å². The molecule has 0 aliphatic carbocycles. The van der Waals surface area contributed by atoms with Crippen molar-refractivity contribution < 1.29 is 9.46 Å². The van der Waals surface area contributed by atoms with Gasteiger partial charge in [-0.05, 0) is 4.57 Å². The average molecular weight is 89.0 g/mol. The van der Waals surface area contributed by atoms with Crippen LogP contribution in [0.25, 0.3) is 0 Å². The van der Waals surface area contributed by atoms with E-state index in [1.54, 1.807) is 5.66 Å². The maximum atomic E-state index is 9.28. The molecule has 0 amide bonds. The largest absolute Gasteiger partial charge is 0.601 e. The van der Waals surface area contributed by atoms with Crippen molar-refractivity contribution in [3.8, 4) is 12.1 Å². The second-order valence-corrected chi connectivity index (χ2v) is 1.21. The third-order valence-corrected chi connectivity index (χ3v) is 0.331. The van der Waals surface area contributed by atoms with Crippen LogP contribution in [0.3, 0.4) is 0 Å². The van der Waals surface area contributed by atoms with Crippen molar-refractivity contribution >= 4 is 8.03 Å². The number of hydrogen-bond acceptors (Lipinski definition) is 1. The Morgan fingerprint density at radius 1 is 2.00 bits per heavy atom. The Morgan fingerprint density at radius 3 is 2.20 bits per heavy atom. The lowest BCUT2D eigenvalue weighted by molar-refractivity contribution is 0.514. The second-order valence-electron chi connectivity index (χ2n) is 0.402. The minimum Gasteiger partial charge on any atom is -0.149 e. The van der Waals surface area contributed by atoms with E-state index < -0.39 is 8.03 Å². The van der Waals surface area contributed by atoms with Crippen LogP contribution in [0.1, 0.15) is 0 Å². The minimum atomic E-state index is -2.32. The smallest absolute Gasteiger partial charge is 0.149 e. The predicted molar refractivity (Wildman–Crippen MR) is 18.7 cm³/mol. The molecule has 0 spiro atoms. The molecule has 0 aliphatic rings. The summed E-state index contributed by atoms with van der Waals surface area (Å²) < 4.78 is 9.28. The van der Waals surface area contributed by atoms with Gasteiger partial charge < -0.3 is 0 Å². The fourth-order valence-electron chi connectivity index (χ4n) is 0. The first kappa shape index (κ1) is 4.62. The topological polar surface area (TPSA) is 37.3 Å². The highest BCUT2D eigenvalue weighted by atomic mass is 31.1. The molecule has 0 rings (SSSR count). The molecule has 0 saturated carbocycles. The Hall–Kier alpha value is -0.380. The molecular formula is C2H2O2P+. The van der Waals surface area contributed by atoms with Crippen molar-refractivity contribution in [1.82, 2.24) is 0 Å². The zero-order valence-electron chi connectivity index (χ0n) is 2.38. The van der Waals surface area contributed by atoms with E-state index in [4.69, 9.17) is 4.89 Å². The highest BCUT2D eigenvalue weighted by Crippen LogP contribution is 2.05. The minimum absolute atomic E-state index is 1.59. The molecular weight excluding hydrogens is 87.0 g/mol. The van der Waals surface area contributed by atoms with Crippen LogP contribution in [0.5, 0.6) is 0 Å². The van der Waals surface area contributed by atoms with E-state index in [1.807, 2.05) is 0 Å². The summed E-state index contributed by atoms with van der Waals surface area (Å²) in [6, 6.07) is 0. The Labute approximate surface area is 30.7 Å². The van der Waals surface area contributed by atoms with Crippen LogP contribution in [0, 0.1) is 12.1 Å². The molecule has 26 valence electrons. The summed E-state index contributed by atoms with van der Waals surface area (Å²) in [5.74, 6) is 0. The van der Waals surface area contributed by atoms with Crippen molar-refractivity contribution in [2.24, 2.45) is 0 Å². The zero-order chi connectivity index (χ0) is 4.28. The van der Waals surface area contributed by atoms with E-state index in [1.165, 1.54) is 0 Å². The van der Waals surface area contributed by atoms with Crippen molar-refractivity contribution in [3.05, 3.63) is 0 Å². The van der Waals surface area contributed by atoms with Crippen molar-refractivity contribution in [1.29, 1.82) is 0 Å². The van der Waals surface area contributed by atoms with Gasteiger partial charge in [0.15, 0.2) is 0 Å². The monoisotopic (exact) mass is 89.0 g/mol. The molecule has 0 radical (unpaired) electrons. The molecule has 5 heavy (non-hydrogen) atoms. The van der Waals surface area contributed by atoms with Gasteiger partial charge in [0.05, 0.1) is 0 Å². The van der Waals surface area contributed by atoms with Gasteiger partial charge in [0.2, 0.25) is 5.66 Å². The first-order valence-corrected chi connectivity index (χ1v) is 2.11. The standard InChI is InChI=1S/C2HO2P/c1-2-5(3)4/h1H/p+1. The van der Waals surface area contributed by atoms with Crippen LogP contribution in [-0.2, 0) is 4.57 Å². The fraction of sp³-hybridized carbons (Fsp3) is 0. The Kier molecular flexibility index (Phi) is 1.75. The fourth-order valence-corrected chi connectivity index (χ4v) is 0. The van der Waals surface area contributed by atoms with Crippen LogP contribution >= 0.6 is 8.03 Å². The van der Waals surface area contributed by atoms with Gasteiger partial charge in [-0.15, -0.1) is 4.89 Å². The number of rotatable bonds is 0. The van der Waals surface area contributed by atoms with Gasteiger partial charge in [0, 0.05) is 0 Å². The van der Waals surface area contributed by atoms with Crippen molar-refractivity contribution in [3.63, 3.8) is 0 Å². The van der Waals surface area contributed by atoms with Gasteiger partial charge in [-0.2, -0.15) is 0 Å². The first-order valence-electron chi connectivity index (χ1n) is 0.895. The van der Waals surface area contributed by atoms with E-state index in [2.05, 4.69) is 6.42 Å². The zero-order valence-corrected chi connectivity index (χ0v) is 3.27. The third kappa shape index (κ3) is 3.62. The molecule has 0 aromatic heterocycles. The van der Waals surface area contributed by atoms with E-state index in [-0.39, 0.29) is 0 Å². The lowest BCUT2D eigenvalue weighted by Crippen LogP contribution is -1.36. The summed E-state index contributed by atoms with van der Waals surface area (Å²) in [6.45, 7) is 0. The Bertz CT molecular complexity index is 80.1. The van der Waals surface area contributed by atoms with Gasteiger partial charge in [-0.25, -0.2) is 0 Å². The molecule has 1 atom stereocenters. The van der Waals surface area contributed by atoms with Gasteiger partial charge in [0.25, 0.3) is 0 Å². The highest BCUT2D eigenvalue weighted by molar-refractivity contribution is 7.44. The lowest BCUT2D eigenvalue weighted by Gasteiger charge is -1.36. The highest BCUT2D eigenvalue weighted by Gasteiger charge is 1.96. The van der Waals surface area contributed by atoms with Crippen LogP contribution in [0.2, 0.25) is 0 Å². The summed E-state index contributed by atoms with van der Waals surface area (Å²) >= 11 is 0. The molecule has 0 bridgehead atoms. The molecule has 1 unspecified atom stereocenters. The van der Waals surface area contributed by atoms with Crippen molar-refractivity contribution in [2.75, 3.05) is 0 Å². The maximum absolute atomic E-state index is 9.28. The molecule has 2 nitrogen and oxygen atoms in total. The van der Waals surface area contributed by atoms with Crippen molar-refractivity contribution in [2.45, 2.75) is 0 Å². The molecule has 1 N–H and O–H groups in total.